The molecule has 2 amide bonds. The number of hydrogen-bond donors (Lipinski definition) is 1. The summed E-state index contributed by atoms with van der Waals surface area (Å²) in [5.74, 6) is 0.323. The van der Waals surface area contributed by atoms with Crippen LogP contribution >= 0.6 is 15.9 Å². The largest absolute Gasteiger partial charge is 0.484 e. The predicted octanol–water partition coefficient (Wildman–Crippen LogP) is 6.23. The summed E-state index contributed by atoms with van der Waals surface area (Å²) in [6.45, 7) is 2.17. The zero-order chi connectivity index (χ0) is 26.0. The van der Waals surface area contributed by atoms with E-state index in [2.05, 4.69) is 21.2 Å². The minimum atomic E-state index is -0.651. The molecule has 0 bridgehead atoms. The maximum absolute atomic E-state index is 13.8. The standard InChI is InChI=1S/C31H35BrN2O3/c1-23-9-8-14-28(19-23)37-22-30(35)34(21-25-15-17-26(32)18-16-25)29(20-24-10-4-2-5-11-24)31(36)33-27-12-6-3-7-13-27/h2,4-5,8-11,14-19,27,29H,3,6-7,12-13,20-22H2,1H3,(H,33,36). The first-order valence-corrected chi connectivity index (χ1v) is 13.8. The van der Waals surface area contributed by atoms with Gasteiger partial charge in [-0.1, -0.05) is 89.8 Å². The van der Waals surface area contributed by atoms with E-state index in [0.717, 1.165) is 46.8 Å². The molecule has 0 radical (unpaired) electrons. The minimum Gasteiger partial charge on any atom is -0.484 e. The van der Waals surface area contributed by atoms with Crippen LogP contribution < -0.4 is 10.1 Å². The first-order chi connectivity index (χ1) is 18.0. The highest BCUT2D eigenvalue weighted by atomic mass is 79.9. The van der Waals surface area contributed by atoms with Crippen molar-refractivity contribution in [2.24, 2.45) is 0 Å². The first kappa shape index (κ1) is 26.9. The third kappa shape index (κ3) is 8.19. The third-order valence-corrected chi connectivity index (χ3v) is 7.37. The number of amides is 2. The van der Waals surface area contributed by atoms with E-state index >= 15 is 0 Å². The topological polar surface area (TPSA) is 58.6 Å². The molecule has 0 spiro atoms. The van der Waals surface area contributed by atoms with Crippen molar-refractivity contribution in [3.63, 3.8) is 0 Å². The summed E-state index contributed by atoms with van der Waals surface area (Å²) in [7, 11) is 0. The second kappa shape index (κ2) is 13.4. The second-order valence-corrected chi connectivity index (χ2v) is 10.7. The van der Waals surface area contributed by atoms with Crippen LogP contribution in [0.1, 0.15) is 48.8 Å². The summed E-state index contributed by atoms with van der Waals surface area (Å²) in [4.78, 5) is 29.2. The minimum absolute atomic E-state index is 0.100. The molecule has 37 heavy (non-hydrogen) atoms. The van der Waals surface area contributed by atoms with E-state index in [1.54, 1.807) is 4.90 Å². The predicted molar refractivity (Wildman–Crippen MR) is 150 cm³/mol. The van der Waals surface area contributed by atoms with Gasteiger partial charge in [0.1, 0.15) is 11.8 Å². The van der Waals surface area contributed by atoms with Gasteiger partial charge in [-0.05, 0) is 60.7 Å². The number of carbonyl (C=O) groups excluding carboxylic acids is 2. The van der Waals surface area contributed by atoms with E-state index in [4.69, 9.17) is 4.74 Å². The van der Waals surface area contributed by atoms with Crippen molar-refractivity contribution in [3.05, 3.63) is 100 Å². The Morgan fingerprint density at radius 2 is 1.68 bits per heavy atom. The zero-order valence-electron chi connectivity index (χ0n) is 21.4. The Balaban J connectivity index is 1.60. The fraction of sp³-hybridized carbons (Fsp3) is 0.355. The highest BCUT2D eigenvalue weighted by Crippen LogP contribution is 2.21. The third-order valence-electron chi connectivity index (χ3n) is 6.84. The van der Waals surface area contributed by atoms with Gasteiger partial charge in [0.2, 0.25) is 5.91 Å². The van der Waals surface area contributed by atoms with Crippen LogP contribution in [0.15, 0.2) is 83.3 Å². The fourth-order valence-electron chi connectivity index (χ4n) is 4.82. The Labute approximate surface area is 228 Å². The maximum atomic E-state index is 13.8. The Morgan fingerprint density at radius 1 is 0.946 bits per heavy atom. The summed E-state index contributed by atoms with van der Waals surface area (Å²) < 4.78 is 6.85. The Morgan fingerprint density at radius 3 is 2.38 bits per heavy atom. The number of rotatable bonds is 10. The summed E-state index contributed by atoms with van der Waals surface area (Å²) >= 11 is 3.48. The van der Waals surface area contributed by atoms with Gasteiger partial charge in [0.05, 0.1) is 0 Å². The molecule has 1 aliphatic carbocycles. The summed E-state index contributed by atoms with van der Waals surface area (Å²) in [6, 6.07) is 24.9. The van der Waals surface area contributed by atoms with Crippen molar-refractivity contribution in [1.82, 2.24) is 10.2 Å². The normalized spacial score (nSPS) is 14.5. The molecule has 0 saturated heterocycles. The molecular formula is C31H35BrN2O3. The van der Waals surface area contributed by atoms with Gasteiger partial charge >= 0.3 is 0 Å². The van der Waals surface area contributed by atoms with Gasteiger partial charge in [0.25, 0.3) is 5.91 Å². The second-order valence-electron chi connectivity index (χ2n) is 9.80. The molecule has 0 heterocycles. The van der Waals surface area contributed by atoms with Gasteiger partial charge in [0, 0.05) is 23.5 Å². The highest BCUT2D eigenvalue weighted by molar-refractivity contribution is 9.10. The molecular weight excluding hydrogens is 528 g/mol. The smallest absolute Gasteiger partial charge is 0.261 e. The molecule has 1 unspecified atom stereocenters. The van der Waals surface area contributed by atoms with E-state index in [0.29, 0.717) is 18.7 Å². The van der Waals surface area contributed by atoms with Crippen molar-refractivity contribution in [3.8, 4) is 5.75 Å². The molecule has 0 aromatic heterocycles. The fourth-order valence-corrected chi connectivity index (χ4v) is 5.08. The van der Waals surface area contributed by atoms with Crippen LogP contribution in [-0.2, 0) is 22.6 Å². The van der Waals surface area contributed by atoms with E-state index in [1.807, 2.05) is 85.8 Å². The van der Waals surface area contributed by atoms with Crippen molar-refractivity contribution < 1.29 is 14.3 Å². The molecule has 4 rings (SSSR count). The van der Waals surface area contributed by atoms with Crippen LogP contribution in [0.2, 0.25) is 0 Å². The van der Waals surface area contributed by atoms with Crippen molar-refractivity contribution in [2.75, 3.05) is 6.61 Å². The van der Waals surface area contributed by atoms with Crippen LogP contribution in [-0.4, -0.2) is 35.4 Å². The molecule has 1 N–H and O–H groups in total. The molecule has 1 atom stereocenters. The van der Waals surface area contributed by atoms with Crippen molar-refractivity contribution in [2.45, 2.75) is 64.1 Å². The van der Waals surface area contributed by atoms with E-state index in [-0.39, 0.29) is 24.5 Å². The molecule has 3 aromatic rings. The lowest BCUT2D eigenvalue weighted by atomic mass is 9.94. The Hall–Kier alpha value is -3.12. The number of halogens is 1. The van der Waals surface area contributed by atoms with Gasteiger partial charge in [0.15, 0.2) is 6.61 Å². The Kier molecular flexibility index (Phi) is 9.78. The van der Waals surface area contributed by atoms with Gasteiger partial charge < -0.3 is 15.0 Å². The monoisotopic (exact) mass is 562 g/mol. The highest BCUT2D eigenvalue weighted by Gasteiger charge is 2.32. The number of aryl methyl sites for hydroxylation is 1. The van der Waals surface area contributed by atoms with Gasteiger partial charge in [-0.15, -0.1) is 0 Å². The molecule has 0 aliphatic heterocycles. The van der Waals surface area contributed by atoms with E-state index in [9.17, 15) is 9.59 Å². The molecule has 194 valence electrons. The lowest BCUT2D eigenvalue weighted by Crippen LogP contribution is -2.53. The number of hydrogen-bond acceptors (Lipinski definition) is 3. The van der Waals surface area contributed by atoms with E-state index in [1.165, 1.54) is 6.42 Å². The zero-order valence-corrected chi connectivity index (χ0v) is 23.0. The van der Waals surface area contributed by atoms with E-state index < -0.39 is 6.04 Å². The Bertz CT molecular complexity index is 1160. The molecule has 1 fully saturated rings. The maximum Gasteiger partial charge on any atom is 0.261 e. The number of nitrogens with zero attached hydrogens (tertiary/aromatic N) is 1. The quantitative estimate of drug-likeness (QED) is 0.319. The average molecular weight is 564 g/mol. The number of nitrogens with one attached hydrogen (secondary N) is 1. The lowest BCUT2D eigenvalue weighted by molar-refractivity contribution is -0.143. The summed E-state index contributed by atoms with van der Waals surface area (Å²) in [5.41, 5.74) is 3.03. The first-order valence-electron chi connectivity index (χ1n) is 13.1. The van der Waals surface area contributed by atoms with Crippen LogP contribution in [0.25, 0.3) is 0 Å². The molecule has 1 aliphatic rings. The van der Waals surface area contributed by atoms with Gasteiger partial charge in [-0.3, -0.25) is 9.59 Å². The molecule has 6 heteroatoms. The molecule has 5 nitrogen and oxygen atoms in total. The number of benzene rings is 3. The van der Waals surface area contributed by atoms with Crippen LogP contribution in [0.3, 0.4) is 0 Å². The number of ether oxygens (including phenoxy) is 1. The summed E-state index contributed by atoms with van der Waals surface area (Å²) in [6.07, 6.45) is 5.87. The number of carbonyl (C=O) groups is 2. The van der Waals surface area contributed by atoms with Crippen molar-refractivity contribution >= 4 is 27.7 Å². The average Bonchev–Trinajstić information content (AvgIpc) is 2.91. The van der Waals surface area contributed by atoms with Crippen molar-refractivity contribution in [1.29, 1.82) is 0 Å². The van der Waals surface area contributed by atoms with Gasteiger partial charge in [-0.2, -0.15) is 0 Å². The van der Waals surface area contributed by atoms with Crippen LogP contribution in [0, 0.1) is 6.92 Å². The molecule has 3 aromatic carbocycles. The SMILES string of the molecule is Cc1cccc(OCC(=O)N(Cc2ccc(Br)cc2)C(Cc2ccccc2)C(=O)NC2CCCCC2)c1. The van der Waals surface area contributed by atoms with Gasteiger partial charge in [-0.25, -0.2) is 0 Å². The van der Waals surface area contributed by atoms with Crippen LogP contribution in [0.5, 0.6) is 5.75 Å². The lowest BCUT2D eigenvalue weighted by Gasteiger charge is -2.33. The van der Waals surface area contributed by atoms with Crippen LogP contribution in [0.4, 0.5) is 0 Å². The summed E-state index contributed by atoms with van der Waals surface area (Å²) in [5, 5.41) is 3.27. The molecule has 1 saturated carbocycles.